The number of aryl methyl sites for hydroxylation is 1. The first-order chi connectivity index (χ1) is 19.1. The second kappa shape index (κ2) is 9.42. The van der Waals surface area contributed by atoms with Crippen LogP contribution in [0.1, 0.15) is 23.1 Å². The van der Waals surface area contributed by atoms with Gasteiger partial charge in [0.05, 0.1) is 11.6 Å². The number of Topliss-reactive ketones (excluding diaryl/α,β-unsaturated/α-hetero) is 2. The molecule has 4 unspecified atom stereocenters. The Morgan fingerprint density at radius 1 is 1.10 bits per heavy atom. The normalized spacial score (nSPS) is 25.7. The number of likely N-dealkylation sites (N-methyl/N-ethyl adjacent to an activating group) is 1. The molecule has 5 rings (SSSR count). The van der Waals surface area contributed by atoms with Gasteiger partial charge in [-0.25, -0.2) is 4.39 Å². The highest BCUT2D eigenvalue weighted by Crippen LogP contribution is 2.55. The number of carbonyl (C=O) groups is 3. The molecule has 0 aromatic heterocycles. The molecule has 11 heteroatoms. The number of amides is 1. The maximum absolute atomic E-state index is 14.1. The second-order valence-corrected chi connectivity index (χ2v) is 11.5. The zero-order valence-corrected chi connectivity index (χ0v) is 23.3. The third kappa shape index (κ3) is 3.86. The number of benzene rings is 2. The van der Waals surface area contributed by atoms with E-state index in [1.54, 1.807) is 52.1 Å². The number of anilines is 1. The Bertz CT molecular complexity index is 1610. The van der Waals surface area contributed by atoms with E-state index in [9.17, 15) is 39.2 Å². The van der Waals surface area contributed by atoms with Gasteiger partial charge in [-0.05, 0) is 74.7 Å². The summed E-state index contributed by atoms with van der Waals surface area (Å²) in [6.07, 6.45) is 0.163. The highest BCUT2D eigenvalue weighted by atomic mass is 19.1. The molecule has 0 aliphatic heterocycles. The average Bonchev–Trinajstić information content (AvgIpc) is 2.87. The van der Waals surface area contributed by atoms with Gasteiger partial charge in [-0.3, -0.25) is 19.3 Å². The van der Waals surface area contributed by atoms with Crippen LogP contribution in [0, 0.1) is 24.6 Å². The Morgan fingerprint density at radius 2 is 1.76 bits per heavy atom. The Hall–Kier alpha value is -4.22. The van der Waals surface area contributed by atoms with Gasteiger partial charge in [-0.1, -0.05) is 6.07 Å². The molecule has 6 N–H and O–H groups in total. The van der Waals surface area contributed by atoms with Gasteiger partial charge in [0.2, 0.25) is 5.78 Å². The number of aliphatic hydroxyl groups excluding tert-OH is 2. The van der Waals surface area contributed by atoms with Crippen LogP contribution in [0.2, 0.25) is 0 Å². The van der Waals surface area contributed by atoms with Gasteiger partial charge in [-0.2, -0.15) is 0 Å². The number of fused-ring (bicyclic) bond motifs is 3. The third-order valence-corrected chi connectivity index (χ3v) is 8.65. The highest BCUT2D eigenvalue weighted by Gasteiger charge is 2.64. The lowest BCUT2D eigenvalue weighted by atomic mass is 9.57. The van der Waals surface area contributed by atoms with E-state index in [0.29, 0.717) is 22.4 Å². The van der Waals surface area contributed by atoms with Crippen molar-refractivity contribution in [2.75, 3.05) is 33.1 Å². The fourth-order valence-corrected chi connectivity index (χ4v) is 6.72. The van der Waals surface area contributed by atoms with E-state index in [-0.39, 0.29) is 35.3 Å². The van der Waals surface area contributed by atoms with E-state index in [1.165, 1.54) is 17.0 Å². The van der Waals surface area contributed by atoms with Gasteiger partial charge in [0.1, 0.15) is 28.7 Å². The maximum Gasteiger partial charge on any atom is 0.255 e. The number of phenolic OH excluding ortho intramolecular Hbond substituents is 1. The molecule has 2 aromatic carbocycles. The molecule has 3 aliphatic carbocycles. The molecule has 1 saturated carbocycles. The van der Waals surface area contributed by atoms with Crippen LogP contribution in [0.25, 0.3) is 16.9 Å². The molecule has 0 radical (unpaired) electrons. The average molecular weight is 566 g/mol. The van der Waals surface area contributed by atoms with Crippen molar-refractivity contribution < 1.29 is 39.2 Å². The summed E-state index contributed by atoms with van der Waals surface area (Å²) in [4.78, 5) is 42.7. The van der Waals surface area contributed by atoms with Crippen LogP contribution in [-0.4, -0.2) is 82.6 Å². The number of carbonyl (C=O) groups excluding carboxylic acids is 3. The lowest BCUT2D eigenvalue weighted by Crippen LogP contribution is -2.65. The number of hydrogen-bond donors (Lipinski definition) is 5. The first-order valence-corrected chi connectivity index (χ1v) is 13.1. The monoisotopic (exact) mass is 565 g/mol. The number of rotatable bonds is 4. The molecule has 2 aromatic rings. The van der Waals surface area contributed by atoms with E-state index in [2.05, 4.69) is 0 Å². The molecule has 41 heavy (non-hydrogen) atoms. The number of hydrogen-bond acceptors (Lipinski definition) is 9. The lowest BCUT2D eigenvalue weighted by molar-refractivity contribution is -0.153. The SMILES string of the molecule is Cc1cc(-c2cc(N(C)C)c3c(c2O)C(O)=C2C(=O)C4(O)C(O)=C(C(N)=O)C(=O)C(N(C)C)C4CC2C3)ccc1F. The summed E-state index contributed by atoms with van der Waals surface area (Å²) in [5.74, 6) is -7.50. The summed E-state index contributed by atoms with van der Waals surface area (Å²) in [5.41, 5.74) is 3.84. The zero-order valence-electron chi connectivity index (χ0n) is 23.3. The van der Waals surface area contributed by atoms with E-state index in [1.807, 2.05) is 0 Å². The summed E-state index contributed by atoms with van der Waals surface area (Å²) in [6.45, 7) is 1.58. The van der Waals surface area contributed by atoms with Crippen molar-refractivity contribution in [1.29, 1.82) is 0 Å². The first-order valence-electron chi connectivity index (χ1n) is 13.1. The number of halogens is 1. The molecule has 216 valence electrons. The number of aromatic hydroxyl groups is 1. The van der Waals surface area contributed by atoms with Gasteiger partial charge in [0.15, 0.2) is 11.4 Å². The molecule has 1 fully saturated rings. The lowest BCUT2D eigenvalue weighted by Gasteiger charge is -2.50. The Labute approximate surface area is 235 Å². The van der Waals surface area contributed by atoms with Crippen LogP contribution in [0.5, 0.6) is 5.75 Å². The van der Waals surface area contributed by atoms with Crippen molar-refractivity contribution in [3.8, 4) is 16.9 Å². The van der Waals surface area contributed by atoms with E-state index in [4.69, 9.17) is 5.73 Å². The Balaban J connectivity index is 1.78. The van der Waals surface area contributed by atoms with Gasteiger partial charge in [-0.15, -0.1) is 0 Å². The highest BCUT2D eigenvalue weighted by molar-refractivity contribution is 6.24. The van der Waals surface area contributed by atoms with Crippen LogP contribution in [-0.2, 0) is 20.8 Å². The molecule has 1 amide bonds. The molecule has 0 heterocycles. The fourth-order valence-electron chi connectivity index (χ4n) is 6.72. The van der Waals surface area contributed by atoms with Crippen LogP contribution in [0.3, 0.4) is 0 Å². The number of primary amides is 1. The summed E-state index contributed by atoms with van der Waals surface area (Å²) in [7, 11) is 6.66. The largest absolute Gasteiger partial charge is 0.508 e. The predicted octanol–water partition coefficient (Wildman–Crippen LogP) is 2.14. The molecule has 3 aliphatic rings. The van der Waals surface area contributed by atoms with Gasteiger partial charge >= 0.3 is 0 Å². The van der Waals surface area contributed by atoms with Crippen molar-refractivity contribution in [3.05, 3.63) is 63.7 Å². The topological polar surface area (TPSA) is 165 Å². The molecule has 0 bridgehead atoms. The van der Waals surface area contributed by atoms with Crippen LogP contribution >= 0.6 is 0 Å². The van der Waals surface area contributed by atoms with Crippen LogP contribution in [0.4, 0.5) is 10.1 Å². The van der Waals surface area contributed by atoms with Crippen LogP contribution in [0.15, 0.2) is 41.2 Å². The number of nitrogens with two attached hydrogens (primary N) is 1. The standard InChI is InChI=1S/C30H32FN3O7/c1-12-8-13(6-7-18(12)31)15-11-19(33(2)3)16-9-14-10-17-23(34(4)5)26(37)22(29(32)40)28(39)30(17,41)27(38)20(14)25(36)21(16)24(15)35/h6-8,11,14,17,23,35-36,39,41H,9-10H2,1-5H3,(H2,32,40). The smallest absolute Gasteiger partial charge is 0.255 e. The quantitative estimate of drug-likeness (QED) is 0.349. The van der Waals surface area contributed by atoms with Gasteiger partial charge in [0.25, 0.3) is 5.91 Å². The van der Waals surface area contributed by atoms with E-state index < -0.39 is 63.9 Å². The number of nitrogens with zero attached hydrogens (tertiary/aromatic N) is 2. The number of aliphatic hydroxyl groups is 3. The molecular formula is C30H32FN3O7. The second-order valence-electron chi connectivity index (χ2n) is 11.5. The van der Waals surface area contributed by atoms with Crippen molar-refractivity contribution in [3.63, 3.8) is 0 Å². The predicted molar refractivity (Wildman–Crippen MR) is 149 cm³/mol. The van der Waals surface area contributed by atoms with Gasteiger partial charge in [0, 0.05) is 36.8 Å². The molecular weight excluding hydrogens is 533 g/mol. The minimum atomic E-state index is -2.71. The van der Waals surface area contributed by atoms with E-state index in [0.717, 1.165) is 0 Å². The van der Waals surface area contributed by atoms with Crippen molar-refractivity contribution in [1.82, 2.24) is 4.90 Å². The number of ketones is 2. The molecule has 4 atom stereocenters. The van der Waals surface area contributed by atoms with Crippen molar-refractivity contribution in [2.45, 2.75) is 31.4 Å². The van der Waals surface area contributed by atoms with Gasteiger partial charge < -0.3 is 31.1 Å². The fraction of sp³-hybridized carbons (Fsp3) is 0.367. The summed E-state index contributed by atoms with van der Waals surface area (Å²) in [6, 6.07) is 4.88. The summed E-state index contributed by atoms with van der Waals surface area (Å²) < 4.78 is 14.0. The Morgan fingerprint density at radius 3 is 2.32 bits per heavy atom. The minimum absolute atomic E-state index is 0.00169. The summed E-state index contributed by atoms with van der Waals surface area (Å²) in [5, 5.41) is 45.9. The molecule has 0 spiro atoms. The molecule has 0 saturated heterocycles. The zero-order chi connectivity index (χ0) is 30.3. The molecule has 10 nitrogen and oxygen atoms in total. The maximum atomic E-state index is 14.1. The van der Waals surface area contributed by atoms with E-state index >= 15 is 0 Å². The van der Waals surface area contributed by atoms with Crippen molar-refractivity contribution in [2.24, 2.45) is 17.6 Å². The third-order valence-electron chi connectivity index (χ3n) is 8.65. The van der Waals surface area contributed by atoms with Crippen LogP contribution < -0.4 is 10.6 Å². The van der Waals surface area contributed by atoms with Crippen molar-refractivity contribution >= 4 is 28.9 Å². The number of phenols is 1. The summed E-state index contributed by atoms with van der Waals surface area (Å²) >= 11 is 0. The minimum Gasteiger partial charge on any atom is -0.508 e. The Kier molecular flexibility index (Phi) is 6.51. The first kappa shape index (κ1) is 28.3.